The first-order valence-electron chi connectivity index (χ1n) is 13.4. The smallest absolute Gasteiger partial charge is 0.411 e. The van der Waals surface area contributed by atoms with E-state index in [9.17, 15) is 22.4 Å². The van der Waals surface area contributed by atoms with Crippen LogP contribution in [0.25, 0.3) is 0 Å². The van der Waals surface area contributed by atoms with E-state index in [0.29, 0.717) is 36.1 Å². The number of alkyl halides is 3. The fraction of sp³-hybridized carbons (Fsp3) is 0.667. The normalized spacial score (nSPS) is 23.0. The first kappa shape index (κ1) is 26.7. The average Bonchev–Trinajstić information content (AvgIpc) is 3.77. The van der Waals surface area contributed by atoms with Gasteiger partial charge in [0.1, 0.15) is 17.1 Å². The minimum absolute atomic E-state index is 0.0439. The van der Waals surface area contributed by atoms with Crippen molar-refractivity contribution in [2.75, 3.05) is 24.6 Å². The van der Waals surface area contributed by atoms with Gasteiger partial charge in [-0.15, -0.1) is 0 Å². The Bertz CT molecular complexity index is 1140. The summed E-state index contributed by atoms with van der Waals surface area (Å²) in [6, 6.07) is 4.77. The van der Waals surface area contributed by atoms with Crippen LogP contribution in [-0.2, 0) is 11.2 Å². The van der Waals surface area contributed by atoms with E-state index in [2.05, 4.69) is 15.0 Å². The predicted molar refractivity (Wildman–Crippen MR) is 131 cm³/mol. The van der Waals surface area contributed by atoms with Crippen molar-refractivity contribution in [3.05, 3.63) is 35.4 Å². The van der Waals surface area contributed by atoms with Gasteiger partial charge in [0.2, 0.25) is 5.91 Å². The third kappa shape index (κ3) is 5.91. The number of amides is 1. The molecule has 2 atom stereocenters. The van der Waals surface area contributed by atoms with Crippen LogP contribution in [0.1, 0.15) is 69.7 Å². The number of benzene rings is 1. The van der Waals surface area contributed by atoms with Gasteiger partial charge < -0.3 is 19.5 Å². The van der Waals surface area contributed by atoms with E-state index in [0.717, 1.165) is 38.2 Å². The van der Waals surface area contributed by atoms with Crippen LogP contribution in [0, 0.1) is 23.6 Å². The molecule has 1 N–H and O–H groups in total. The van der Waals surface area contributed by atoms with E-state index in [1.165, 1.54) is 18.6 Å². The summed E-state index contributed by atoms with van der Waals surface area (Å²) < 4.78 is 64.7. The summed E-state index contributed by atoms with van der Waals surface area (Å²) in [5.41, 5.74) is -2.10. The molecule has 1 amide bonds. The highest BCUT2D eigenvalue weighted by Gasteiger charge is 2.64. The zero-order valence-electron chi connectivity index (χ0n) is 21.7. The number of aromatic nitrogens is 2. The molecular formula is C27H34F4N4O3. The van der Waals surface area contributed by atoms with Crippen molar-refractivity contribution < 1.29 is 31.6 Å². The molecule has 38 heavy (non-hydrogen) atoms. The Morgan fingerprint density at radius 1 is 1.26 bits per heavy atom. The molecule has 3 aliphatic rings. The Hall–Kier alpha value is -2.85. The molecule has 0 spiro atoms. The van der Waals surface area contributed by atoms with Crippen molar-refractivity contribution in [1.29, 1.82) is 0 Å². The number of piperidine rings is 1. The molecule has 11 heteroatoms. The van der Waals surface area contributed by atoms with Gasteiger partial charge in [-0.1, -0.05) is 25.1 Å². The molecule has 2 aliphatic carbocycles. The van der Waals surface area contributed by atoms with Crippen molar-refractivity contribution in [1.82, 2.24) is 15.5 Å². The Morgan fingerprint density at radius 3 is 2.61 bits per heavy atom. The van der Waals surface area contributed by atoms with Gasteiger partial charge in [0.25, 0.3) is 0 Å². The molecule has 1 aliphatic heterocycles. The number of hydrogen-bond donors (Lipinski definition) is 1. The van der Waals surface area contributed by atoms with Gasteiger partial charge in [0.15, 0.2) is 5.82 Å². The van der Waals surface area contributed by atoms with Gasteiger partial charge in [0, 0.05) is 25.1 Å². The summed E-state index contributed by atoms with van der Waals surface area (Å²) in [5, 5.41) is 6.08. The average molecular weight is 539 g/mol. The first-order valence-corrected chi connectivity index (χ1v) is 13.4. The fourth-order valence-electron chi connectivity index (χ4n) is 5.47. The molecule has 7 nitrogen and oxygen atoms in total. The number of rotatable bonds is 10. The first-order chi connectivity index (χ1) is 18.0. The largest absolute Gasteiger partial charge is 0.493 e. The highest BCUT2D eigenvalue weighted by Crippen LogP contribution is 2.50. The number of carbonyl (C=O) groups excluding carboxylic acids is 1. The summed E-state index contributed by atoms with van der Waals surface area (Å²) in [5.74, 6) is 1.77. The molecule has 0 radical (unpaired) electrons. The summed E-state index contributed by atoms with van der Waals surface area (Å²) in [4.78, 5) is 18.7. The van der Waals surface area contributed by atoms with Crippen LogP contribution < -0.4 is 15.0 Å². The maximum Gasteiger partial charge on any atom is 0.411 e. The number of anilines is 1. The standard InChI is InChI=1S/C27H34F4N4O3/c1-16(2)24-32-25(38-34-24)35-10-5-17(6-11-35)21-13-18(21)7-12-37-20-4-3-19(22(28)15-20)14-23(36)33-26(8-9-26)27(29,30)31/h3-4,15-18,21H,5-14H2,1-2H3,(H,33,36). The Kier molecular flexibility index (Phi) is 7.30. The van der Waals surface area contributed by atoms with Crippen molar-refractivity contribution in [2.45, 2.75) is 76.4 Å². The van der Waals surface area contributed by atoms with Crippen molar-refractivity contribution in [3.63, 3.8) is 0 Å². The highest BCUT2D eigenvalue weighted by molar-refractivity contribution is 5.80. The van der Waals surface area contributed by atoms with Gasteiger partial charge in [-0.3, -0.25) is 4.79 Å². The fourth-order valence-corrected chi connectivity index (χ4v) is 5.47. The van der Waals surface area contributed by atoms with E-state index in [1.54, 1.807) is 6.07 Å². The summed E-state index contributed by atoms with van der Waals surface area (Å²) in [6.07, 6.45) is -0.986. The van der Waals surface area contributed by atoms with Crippen molar-refractivity contribution in [2.24, 2.45) is 17.8 Å². The Balaban J connectivity index is 1.02. The molecule has 2 heterocycles. The minimum Gasteiger partial charge on any atom is -0.493 e. The molecule has 5 rings (SSSR count). The van der Waals surface area contributed by atoms with Crippen LogP contribution in [-0.4, -0.2) is 47.5 Å². The molecule has 2 aromatic rings. The SMILES string of the molecule is CC(C)c1noc(N2CCC(C3CC3CCOc3ccc(CC(=O)NC4(C(F)(F)F)CC4)c(F)c3)CC2)n1. The van der Waals surface area contributed by atoms with Crippen molar-refractivity contribution >= 4 is 11.9 Å². The van der Waals surface area contributed by atoms with Crippen molar-refractivity contribution in [3.8, 4) is 5.75 Å². The molecule has 0 bridgehead atoms. The Labute approximate surface area is 219 Å². The highest BCUT2D eigenvalue weighted by atomic mass is 19.4. The summed E-state index contributed by atoms with van der Waals surface area (Å²) in [7, 11) is 0. The lowest BCUT2D eigenvalue weighted by Gasteiger charge is -2.30. The third-order valence-electron chi connectivity index (χ3n) is 8.14. The van der Waals surface area contributed by atoms with Crippen LogP contribution in [0.2, 0.25) is 0 Å². The maximum atomic E-state index is 14.5. The zero-order chi connectivity index (χ0) is 27.1. The predicted octanol–water partition coefficient (Wildman–Crippen LogP) is 5.41. The van der Waals surface area contributed by atoms with Gasteiger partial charge in [0.05, 0.1) is 13.0 Å². The molecule has 1 aromatic carbocycles. The van der Waals surface area contributed by atoms with Crippen LogP contribution in [0.15, 0.2) is 22.7 Å². The quantitative estimate of drug-likeness (QED) is 0.408. The molecule has 1 saturated heterocycles. The summed E-state index contributed by atoms with van der Waals surface area (Å²) >= 11 is 0. The number of nitrogens with zero attached hydrogens (tertiary/aromatic N) is 3. The van der Waals surface area contributed by atoms with Gasteiger partial charge >= 0.3 is 12.2 Å². The molecule has 2 unspecified atom stereocenters. The van der Waals surface area contributed by atoms with E-state index in [4.69, 9.17) is 9.26 Å². The molecule has 1 aromatic heterocycles. The number of nitrogens with one attached hydrogen (secondary N) is 1. The molecular weight excluding hydrogens is 504 g/mol. The number of hydrogen-bond acceptors (Lipinski definition) is 6. The number of ether oxygens (including phenoxy) is 1. The van der Waals surface area contributed by atoms with Gasteiger partial charge in [-0.25, -0.2) is 4.39 Å². The lowest BCUT2D eigenvalue weighted by Crippen LogP contribution is -2.48. The monoisotopic (exact) mass is 538 g/mol. The minimum atomic E-state index is -4.50. The van der Waals surface area contributed by atoms with Crippen LogP contribution >= 0.6 is 0 Å². The second-order valence-corrected chi connectivity index (χ2v) is 11.3. The number of carbonyl (C=O) groups is 1. The number of halogens is 4. The van der Waals surface area contributed by atoms with E-state index >= 15 is 0 Å². The summed E-state index contributed by atoms with van der Waals surface area (Å²) in [6.45, 7) is 6.36. The lowest BCUT2D eigenvalue weighted by atomic mass is 9.90. The maximum absolute atomic E-state index is 14.5. The zero-order valence-corrected chi connectivity index (χ0v) is 21.7. The Morgan fingerprint density at radius 2 is 2.00 bits per heavy atom. The topological polar surface area (TPSA) is 80.5 Å². The molecule has 3 fully saturated rings. The second-order valence-electron chi connectivity index (χ2n) is 11.3. The van der Waals surface area contributed by atoms with Crippen LogP contribution in [0.3, 0.4) is 0 Å². The molecule has 2 saturated carbocycles. The van der Waals surface area contributed by atoms with E-state index < -0.39 is 29.9 Å². The molecule has 208 valence electrons. The van der Waals surface area contributed by atoms with Gasteiger partial charge in [-0.05, 0) is 67.9 Å². The van der Waals surface area contributed by atoms with Gasteiger partial charge in [-0.2, -0.15) is 18.2 Å². The third-order valence-corrected chi connectivity index (χ3v) is 8.14. The van der Waals surface area contributed by atoms with Crippen LogP contribution in [0.5, 0.6) is 5.75 Å². The second kappa shape index (κ2) is 10.4. The van der Waals surface area contributed by atoms with E-state index in [1.807, 2.05) is 19.2 Å². The van der Waals surface area contributed by atoms with Crippen LogP contribution in [0.4, 0.5) is 23.6 Å². The lowest BCUT2D eigenvalue weighted by molar-refractivity contribution is -0.170. The van der Waals surface area contributed by atoms with E-state index in [-0.39, 0.29) is 24.3 Å².